The number of ether oxygens (including phenoxy) is 1. The maximum absolute atomic E-state index is 12.2. The van der Waals surface area contributed by atoms with Crippen LogP contribution in [-0.4, -0.2) is 62.6 Å². The van der Waals surface area contributed by atoms with Gasteiger partial charge in [0.05, 0.1) is 19.0 Å². The Morgan fingerprint density at radius 1 is 1.35 bits per heavy atom. The minimum Gasteiger partial charge on any atom is -0.378 e. The summed E-state index contributed by atoms with van der Waals surface area (Å²) in [5.74, 6) is 1.26. The molecule has 7 nitrogen and oxygen atoms in total. The van der Waals surface area contributed by atoms with Crippen LogP contribution in [0.1, 0.15) is 6.92 Å². The van der Waals surface area contributed by atoms with Crippen LogP contribution in [0.2, 0.25) is 0 Å². The summed E-state index contributed by atoms with van der Waals surface area (Å²) >= 11 is 1.43. The van der Waals surface area contributed by atoms with Crippen LogP contribution in [-0.2, 0) is 16.1 Å². The fraction of sp³-hybridized carbons (Fsp3) is 0.467. The molecule has 0 bridgehead atoms. The number of rotatable bonds is 5. The number of aromatic nitrogens is 4. The second kappa shape index (κ2) is 7.56. The first kappa shape index (κ1) is 15.9. The van der Waals surface area contributed by atoms with Crippen LogP contribution >= 0.6 is 11.8 Å². The third kappa shape index (κ3) is 3.70. The first-order chi connectivity index (χ1) is 11.3. The Bertz CT molecular complexity index is 655. The molecule has 0 atom stereocenters. The van der Waals surface area contributed by atoms with Gasteiger partial charge in [-0.25, -0.2) is 0 Å². The lowest BCUT2D eigenvalue weighted by atomic mass is 10.3. The van der Waals surface area contributed by atoms with E-state index in [1.165, 1.54) is 11.8 Å². The molecule has 122 valence electrons. The summed E-state index contributed by atoms with van der Waals surface area (Å²) in [6.45, 7) is 5.35. The molecule has 3 heterocycles. The van der Waals surface area contributed by atoms with Crippen molar-refractivity contribution in [3.05, 3.63) is 24.5 Å². The minimum absolute atomic E-state index is 0.117. The molecule has 0 aliphatic carbocycles. The normalized spacial score (nSPS) is 14.9. The minimum atomic E-state index is 0.117. The first-order valence-electron chi connectivity index (χ1n) is 7.61. The monoisotopic (exact) mass is 333 g/mol. The van der Waals surface area contributed by atoms with Gasteiger partial charge < -0.3 is 14.2 Å². The lowest BCUT2D eigenvalue weighted by Crippen LogP contribution is -2.41. The van der Waals surface area contributed by atoms with Crippen molar-refractivity contribution in [2.45, 2.75) is 18.6 Å². The first-order valence-corrected chi connectivity index (χ1v) is 8.60. The van der Waals surface area contributed by atoms with Gasteiger partial charge in [-0.3, -0.25) is 9.78 Å². The van der Waals surface area contributed by atoms with Gasteiger partial charge in [0.1, 0.15) is 0 Å². The number of morpholine rings is 1. The van der Waals surface area contributed by atoms with E-state index in [-0.39, 0.29) is 5.91 Å². The number of hydrogen-bond donors (Lipinski definition) is 0. The number of hydrogen-bond acceptors (Lipinski definition) is 6. The van der Waals surface area contributed by atoms with Gasteiger partial charge in [-0.05, 0) is 19.1 Å². The lowest BCUT2D eigenvalue weighted by Gasteiger charge is -2.26. The van der Waals surface area contributed by atoms with Crippen LogP contribution in [0.5, 0.6) is 0 Å². The van der Waals surface area contributed by atoms with Crippen LogP contribution in [0.4, 0.5) is 0 Å². The molecule has 1 saturated heterocycles. The van der Waals surface area contributed by atoms with Crippen molar-refractivity contribution in [2.24, 2.45) is 0 Å². The van der Waals surface area contributed by atoms with Gasteiger partial charge in [0.2, 0.25) is 5.91 Å². The largest absolute Gasteiger partial charge is 0.378 e. The maximum atomic E-state index is 12.2. The summed E-state index contributed by atoms with van der Waals surface area (Å²) in [6, 6.07) is 3.83. The van der Waals surface area contributed by atoms with E-state index in [2.05, 4.69) is 15.2 Å². The fourth-order valence-corrected chi connectivity index (χ4v) is 3.32. The number of carbonyl (C=O) groups excluding carboxylic acids is 1. The van der Waals surface area contributed by atoms with Crippen molar-refractivity contribution in [1.29, 1.82) is 0 Å². The van der Waals surface area contributed by atoms with Crippen molar-refractivity contribution in [2.75, 3.05) is 32.1 Å². The Kier molecular flexibility index (Phi) is 5.24. The van der Waals surface area contributed by atoms with E-state index in [0.29, 0.717) is 32.1 Å². The van der Waals surface area contributed by atoms with Crippen LogP contribution in [0.25, 0.3) is 11.4 Å². The smallest absolute Gasteiger partial charge is 0.233 e. The summed E-state index contributed by atoms with van der Waals surface area (Å²) in [6.07, 6.45) is 3.50. The molecule has 0 aromatic carbocycles. The number of pyridine rings is 1. The van der Waals surface area contributed by atoms with Crippen molar-refractivity contribution in [3.8, 4) is 11.4 Å². The van der Waals surface area contributed by atoms with Crippen molar-refractivity contribution in [1.82, 2.24) is 24.6 Å². The third-order valence-corrected chi connectivity index (χ3v) is 4.59. The molecule has 1 aliphatic rings. The van der Waals surface area contributed by atoms with E-state index >= 15 is 0 Å². The predicted molar refractivity (Wildman–Crippen MR) is 87.1 cm³/mol. The van der Waals surface area contributed by atoms with E-state index in [9.17, 15) is 4.79 Å². The second-order valence-electron chi connectivity index (χ2n) is 5.07. The van der Waals surface area contributed by atoms with E-state index in [1.807, 2.05) is 28.5 Å². The summed E-state index contributed by atoms with van der Waals surface area (Å²) in [4.78, 5) is 18.2. The van der Waals surface area contributed by atoms with Crippen LogP contribution < -0.4 is 0 Å². The molecule has 3 rings (SSSR count). The van der Waals surface area contributed by atoms with Gasteiger partial charge >= 0.3 is 0 Å². The van der Waals surface area contributed by atoms with Crippen LogP contribution in [0.3, 0.4) is 0 Å². The van der Waals surface area contributed by atoms with Crippen molar-refractivity contribution in [3.63, 3.8) is 0 Å². The summed E-state index contributed by atoms with van der Waals surface area (Å²) in [5, 5.41) is 9.25. The molecule has 2 aromatic rings. The zero-order valence-corrected chi connectivity index (χ0v) is 13.8. The Morgan fingerprint density at radius 3 is 2.87 bits per heavy atom. The zero-order valence-electron chi connectivity index (χ0n) is 13.0. The molecule has 23 heavy (non-hydrogen) atoms. The Morgan fingerprint density at radius 2 is 2.17 bits per heavy atom. The highest BCUT2D eigenvalue weighted by Crippen LogP contribution is 2.23. The van der Waals surface area contributed by atoms with Gasteiger partial charge in [0.25, 0.3) is 0 Å². The fourth-order valence-electron chi connectivity index (χ4n) is 2.42. The highest BCUT2D eigenvalue weighted by molar-refractivity contribution is 7.99. The molecule has 1 amide bonds. The predicted octanol–water partition coefficient (Wildman–Crippen LogP) is 1.31. The van der Waals surface area contributed by atoms with E-state index in [0.717, 1.165) is 23.1 Å². The molecule has 8 heteroatoms. The molecule has 1 fully saturated rings. The standard InChI is InChI=1S/C15H19N5O2S/c1-2-20-14(12-4-3-5-16-10-12)17-18-15(20)23-11-13(21)19-6-8-22-9-7-19/h3-5,10H,2,6-9,11H2,1H3. The number of carbonyl (C=O) groups is 1. The molecule has 0 unspecified atom stereocenters. The maximum Gasteiger partial charge on any atom is 0.233 e. The van der Waals surface area contributed by atoms with Crippen LogP contribution in [0.15, 0.2) is 29.7 Å². The summed E-state index contributed by atoms with van der Waals surface area (Å²) in [7, 11) is 0. The molecule has 1 aliphatic heterocycles. The quantitative estimate of drug-likeness (QED) is 0.768. The molecule has 0 radical (unpaired) electrons. The SMILES string of the molecule is CCn1c(SCC(=O)N2CCOCC2)nnc1-c1cccnc1. The van der Waals surface area contributed by atoms with E-state index < -0.39 is 0 Å². The Hall–Kier alpha value is -1.93. The summed E-state index contributed by atoms with van der Waals surface area (Å²) in [5.41, 5.74) is 0.924. The second-order valence-corrected chi connectivity index (χ2v) is 6.02. The highest BCUT2D eigenvalue weighted by Gasteiger charge is 2.19. The molecular weight excluding hydrogens is 314 g/mol. The van der Waals surface area contributed by atoms with Crippen LogP contribution in [0, 0.1) is 0 Å². The van der Waals surface area contributed by atoms with Gasteiger partial charge in [-0.1, -0.05) is 11.8 Å². The number of amides is 1. The molecule has 0 saturated carbocycles. The number of nitrogens with zero attached hydrogens (tertiary/aromatic N) is 5. The van der Waals surface area contributed by atoms with Gasteiger partial charge in [0.15, 0.2) is 11.0 Å². The van der Waals surface area contributed by atoms with Gasteiger partial charge in [-0.2, -0.15) is 0 Å². The molecule has 0 N–H and O–H groups in total. The average molecular weight is 333 g/mol. The van der Waals surface area contributed by atoms with E-state index in [4.69, 9.17) is 4.74 Å². The topological polar surface area (TPSA) is 73.1 Å². The van der Waals surface area contributed by atoms with Gasteiger partial charge in [-0.15, -0.1) is 10.2 Å². The highest BCUT2D eigenvalue weighted by atomic mass is 32.2. The lowest BCUT2D eigenvalue weighted by molar-refractivity contribution is -0.132. The van der Waals surface area contributed by atoms with Crippen molar-refractivity contribution < 1.29 is 9.53 Å². The zero-order chi connectivity index (χ0) is 16.1. The molecule has 0 spiro atoms. The average Bonchev–Trinajstić information content (AvgIpc) is 3.04. The number of thioether (sulfide) groups is 1. The van der Waals surface area contributed by atoms with Crippen molar-refractivity contribution >= 4 is 17.7 Å². The Balaban J connectivity index is 1.68. The van der Waals surface area contributed by atoms with E-state index in [1.54, 1.807) is 12.4 Å². The Labute approximate surface area is 139 Å². The third-order valence-electron chi connectivity index (χ3n) is 3.64. The van der Waals surface area contributed by atoms with Gasteiger partial charge in [0, 0.05) is 37.6 Å². The molecule has 2 aromatic heterocycles. The summed E-state index contributed by atoms with van der Waals surface area (Å²) < 4.78 is 7.28. The molecular formula is C15H19N5O2S.